The number of alkyl halides is 3. The second-order valence-corrected chi connectivity index (χ2v) is 8.49. The van der Waals surface area contributed by atoms with Crippen LogP contribution in [0.4, 0.5) is 29.2 Å². The molecule has 1 aromatic carbocycles. The number of hydrogen-bond donors (Lipinski definition) is 4. The van der Waals surface area contributed by atoms with Crippen LogP contribution in [0.2, 0.25) is 0 Å². The van der Waals surface area contributed by atoms with Crippen molar-refractivity contribution in [3.8, 4) is 0 Å². The number of aromatic nitrogens is 2. The highest BCUT2D eigenvalue weighted by Crippen LogP contribution is 2.30. The number of halogens is 4. The quantitative estimate of drug-likeness (QED) is 0.380. The van der Waals surface area contributed by atoms with Gasteiger partial charge in [-0.05, 0) is 31.0 Å². The number of piperidine rings is 1. The predicted octanol–water partition coefficient (Wildman–Crippen LogP) is 1.36. The van der Waals surface area contributed by atoms with Gasteiger partial charge in [-0.3, -0.25) is 9.69 Å². The molecule has 0 bridgehead atoms. The number of hydrogen-bond acceptors (Lipinski definition) is 8. The maximum Gasteiger partial charge on any atom is 0.416 e. The summed E-state index contributed by atoms with van der Waals surface area (Å²) in [5, 5.41) is 23.9. The van der Waals surface area contributed by atoms with Crippen LogP contribution in [-0.4, -0.2) is 75.4 Å². The average molecular weight is 500 g/mol. The second kappa shape index (κ2) is 10.7. The van der Waals surface area contributed by atoms with Gasteiger partial charge in [0.2, 0.25) is 11.7 Å². The summed E-state index contributed by atoms with van der Waals surface area (Å²) < 4.78 is 53.6. The van der Waals surface area contributed by atoms with E-state index in [4.69, 9.17) is 5.73 Å². The van der Waals surface area contributed by atoms with Crippen LogP contribution in [0.3, 0.4) is 0 Å². The molecule has 2 heterocycles. The number of primary amides is 1. The van der Waals surface area contributed by atoms with Crippen LogP contribution in [0.15, 0.2) is 30.6 Å². The van der Waals surface area contributed by atoms with Gasteiger partial charge in [0.1, 0.15) is 11.9 Å². The minimum Gasteiger partial charge on any atom is -0.389 e. The van der Waals surface area contributed by atoms with Gasteiger partial charge in [-0.2, -0.15) is 17.6 Å². The van der Waals surface area contributed by atoms with E-state index in [0.717, 1.165) is 18.5 Å². The fourth-order valence-electron chi connectivity index (χ4n) is 3.89. The Morgan fingerprint density at radius 2 is 2.00 bits per heavy atom. The number of β-amino-alcohol motifs (C(OH)–C–C–N with tert-alkyl or cyclic N) is 1. The maximum atomic E-state index is 15.2. The van der Waals surface area contributed by atoms with Gasteiger partial charge in [0.15, 0.2) is 11.6 Å². The Morgan fingerprint density at radius 1 is 1.31 bits per heavy atom. The molecule has 2 aromatic rings. The lowest BCUT2D eigenvalue weighted by molar-refractivity contribution is -0.137. The molecular formula is C22H28F4N6O3. The van der Waals surface area contributed by atoms with Crippen molar-refractivity contribution < 1.29 is 32.6 Å². The molecule has 1 aliphatic rings. The highest BCUT2D eigenvalue weighted by Gasteiger charge is 2.41. The van der Waals surface area contributed by atoms with Gasteiger partial charge in [0.05, 0.1) is 18.2 Å². The van der Waals surface area contributed by atoms with Crippen LogP contribution in [0, 0.1) is 5.82 Å². The highest BCUT2D eigenvalue weighted by molar-refractivity contribution is 5.75. The van der Waals surface area contributed by atoms with Crippen LogP contribution in [0.1, 0.15) is 24.5 Å². The molecule has 3 rings (SSSR count). The number of aliphatic hydroxyl groups excluding tert-OH is 1. The average Bonchev–Trinajstić information content (AvgIpc) is 2.79. The first-order valence-corrected chi connectivity index (χ1v) is 11.0. The lowest BCUT2D eigenvalue weighted by Gasteiger charge is -2.41. The molecule has 0 unspecified atom stereocenters. The van der Waals surface area contributed by atoms with Gasteiger partial charge in [-0.1, -0.05) is 12.1 Å². The number of benzene rings is 1. The standard InChI is InChI=1S/C22H28F4N6O3/c1-2-32(9-14-3-5-15(6-4-14)22(24,25)26)20-18(23)19(29-13-30-20)28-12-21(35)7-8-31(10-16(21)33)11-17(27)34/h3-6,13,16,33,35H,2,7-12H2,1H3,(H2,27,34)(H,28,29,30)/t16-,21-/m1/s1. The van der Waals surface area contributed by atoms with Gasteiger partial charge >= 0.3 is 6.18 Å². The third-order valence-corrected chi connectivity index (χ3v) is 5.96. The van der Waals surface area contributed by atoms with Crippen molar-refractivity contribution >= 4 is 17.5 Å². The highest BCUT2D eigenvalue weighted by atomic mass is 19.4. The summed E-state index contributed by atoms with van der Waals surface area (Å²) in [6.07, 6.45) is -4.41. The van der Waals surface area contributed by atoms with Crippen molar-refractivity contribution in [2.24, 2.45) is 5.73 Å². The third-order valence-electron chi connectivity index (χ3n) is 5.96. The van der Waals surface area contributed by atoms with E-state index in [1.807, 2.05) is 0 Å². The van der Waals surface area contributed by atoms with E-state index in [1.165, 1.54) is 17.0 Å². The van der Waals surface area contributed by atoms with Crippen LogP contribution in [-0.2, 0) is 17.5 Å². The molecule has 5 N–H and O–H groups in total. The molecule has 0 aliphatic carbocycles. The fourth-order valence-corrected chi connectivity index (χ4v) is 3.89. The summed E-state index contributed by atoms with van der Waals surface area (Å²) >= 11 is 0. The first-order valence-electron chi connectivity index (χ1n) is 11.0. The van der Waals surface area contributed by atoms with Crippen molar-refractivity contribution in [2.75, 3.05) is 42.9 Å². The molecule has 1 fully saturated rings. The maximum absolute atomic E-state index is 15.2. The molecule has 1 aliphatic heterocycles. The van der Waals surface area contributed by atoms with E-state index >= 15 is 4.39 Å². The first kappa shape index (κ1) is 26.6. The van der Waals surface area contributed by atoms with Gasteiger partial charge in [0, 0.05) is 32.7 Å². The Labute approximate surface area is 199 Å². The van der Waals surface area contributed by atoms with E-state index < -0.39 is 35.2 Å². The summed E-state index contributed by atoms with van der Waals surface area (Å²) in [5.41, 5.74) is 3.34. The molecule has 0 radical (unpaired) electrons. The minimum atomic E-state index is -4.45. The number of aliphatic hydroxyl groups is 2. The van der Waals surface area contributed by atoms with Gasteiger partial charge in [0.25, 0.3) is 0 Å². The Kier molecular flexibility index (Phi) is 8.13. The normalized spacial score (nSPS) is 21.1. The third kappa shape index (κ3) is 6.55. The Balaban J connectivity index is 1.69. The minimum absolute atomic E-state index is 0.0232. The van der Waals surface area contributed by atoms with Crippen molar-refractivity contribution in [1.82, 2.24) is 14.9 Å². The molecule has 2 atom stereocenters. The van der Waals surface area contributed by atoms with E-state index in [-0.39, 0.29) is 44.2 Å². The topological polar surface area (TPSA) is 128 Å². The monoisotopic (exact) mass is 500 g/mol. The molecule has 0 spiro atoms. The largest absolute Gasteiger partial charge is 0.416 e. The smallest absolute Gasteiger partial charge is 0.389 e. The Morgan fingerprint density at radius 3 is 2.57 bits per heavy atom. The molecule has 1 amide bonds. The summed E-state index contributed by atoms with van der Waals surface area (Å²) in [5.74, 6) is -1.60. The van der Waals surface area contributed by atoms with Crippen molar-refractivity contribution in [3.63, 3.8) is 0 Å². The van der Waals surface area contributed by atoms with E-state index in [9.17, 15) is 28.2 Å². The first-order chi connectivity index (χ1) is 16.4. The summed E-state index contributed by atoms with van der Waals surface area (Å²) in [6.45, 7) is 2.25. The van der Waals surface area contributed by atoms with Crippen LogP contribution in [0.25, 0.3) is 0 Å². The van der Waals surface area contributed by atoms with Crippen molar-refractivity contribution in [2.45, 2.75) is 37.8 Å². The summed E-state index contributed by atoms with van der Waals surface area (Å²) in [7, 11) is 0. The van der Waals surface area contributed by atoms with Gasteiger partial charge in [-0.15, -0.1) is 0 Å². The number of amides is 1. The lowest BCUT2D eigenvalue weighted by Crippen LogP contribution is -2.59. The summed E-state index contributed by atoms with van der Waals surface area (Å²) in [6, 6.07) is 4.58. The number of nitrogens with one attached hydrogen (secondary N) is 1. The molecule has 9 nitrogen and oxygen atoms in total. The number of likely N-dealkylation sites (tertiary alicyclic amines) is 1. The molecule has 13 heteroatoms. The van der Waals surface area contributed by atoms with Crippen molar-refractivity contribution in [3.05, 3.63) is 47.5 Å². The van der Waals surface area contributed by atoms with Gasteiger partial charge in [-0.25, -0.2) is 9.97 Å². The van der Waals surface area contributed by atoms with Crippen LogP contribution in [0.5, 0.6) is 0 Å². The zero-order chi connectivity index (χ0) is 25.8. The Bertz CT molecular complexity index is 1020. The fraction of sp³-hybridized carbons (Fsp3) is 0.500. The number of anilines is 2. The van der Waals surface area contributed by atoms with E-state index in [1.54, 1.807) is 11.8 Å². The number of carbonyl (C=O) groups is 1. The number of rotatable bonds is 9. The molecule has 1 aromatic heterocycles. The molecule has 1 saturated heterocycles. The number of nitrogens with two attached hydrogens (primary N) is 1. The zero-order valence-corrected chi connectivity index (χ0v) is 19.1. The zero-order valence-electron chi connectivity index (χ0n) is 19.1. The van der Waals surface area contributed by atoms with Crippen LogP contribution >= 0.6 is 0 Å². The predicted molar refractivity (Wildman–Crippen MR) is 120 cm³/mol. The lowest BCUT2D eigenvalue weighted by atomic mass is 9.88. The number of carbonyl (C=O) groups excluding carboxylic acids is 1. The summed E-state index contributed by atoms with van der Waals surface area (Å²) in [4.78, 5) is 22.1. The second-order valence-electron chi connectivity index (χ2n) is 8.49. The van der Waals surface area contributed by atoms with E-state index in [0.29, 0.717) is 18.7 Å². The van der Waals surface area contributed by atoms with Crippen molar-refractivity contribution in [1.29, 1.82) is 0 Å². The molecule has 35 heavy (non-hydrogen) atoms. The molecular weight excluding hydrogens is 472 g/mol. The Hall–Kier alpha value is -3.03. The molecule has 192 valence electrons. The van der Waals surface area contributed by atoms with Crippen LogP contribution < -0.4 is 16.0 Å². The SMILES string of the molecule is CCN(Cc1ccc(C(F)(F)F)cc1)c1ncnc(NC[C@]2(O)CCN(CC(N)=O)C[C@H]2O)c1F. The number of nitrogens with zero attached hydrogens (tertiary/aromatic N) is 4. The molecule has 0 saturated carbocycles. The van der Waals surface area contributed by atoms with Gasteiger partial charge < -0.3 is 26.2 Å². The van der Waals surface area contributed by atoms with E-state index in [2.05, 4.69) is 15.3 Å².